The molecule has 0 spiro atoms. The molecule has 1 amide bonds. The van der Waals surface area contributed by atoms with Crippen molar-refractivity contribution in [1.29, 1.82) is 0 Å². The first-order chi connectivity index (χ1) is 13.0. The van der Waals surface area contributed by atoms with E-state index in [1.807, 2.05) is 31.1 Å². The van der Waals surface area contributed by atoms with E-state index < -0.39 is 0 Å². The van der Waals surface area contributed by atoms with E-state index in [1.54, 1.807) is 11.3 Å². The fraction of sp³-hybridized carbons (Fsp3) is 0.400. The highest BCUT2D eigenvalue weighted by atomic mass is 35.5. The number of rotatable bonds is 8. The molecule has 0 aliphatic heterocycles. The van der Waals surface area contributed by atoms with Crippen LogP contribution in [0.15, 0.2) is 30.3 Å². The Hall–Kier alpha value is -1.18. The van der Waals surface area contributed by atoms with E-state index >= 15 is 0 Å². The second-order valence-electron chi connectivity index (χ2n) is 6.74. The predicted octanol–water partition coefficient (Wildman–Crippen LogP) is 5.52. The van der Waals surface area contributed by atoms with Gasteiger partial charge in [-0.15, -0.1) is 23.7 Å². The third kappa shape index (κ3) is 5.91. The summed E-state index contributed by atoms with van der Waals surface area (Å²) in [5.74, 6) is 0.0713. The molecule has 8 heteroatoms. The van der Waals surface area contributed by atoms with Crippen molar-refractivity contribution < 1.29 is 4.79 Å². The van der Waals surface area contributed by atoms with Gasteiger partial charge in [-0.2, -0.15) is 0 Å². The number of thiophene rings is 1. The van der Waals surface area contributed by atoms with Gasteiger partial charge < -0.3 is 4.90 Å². The first kappa shape index (κ1) is 23.1. The summed E-state index contributed by atoms with van der Waals surface area (Å²) >= 11 is 9.07. The van der Waals surface area contributed by atoms with E-state index in [-0.39, 0.29) is 18.3 Å². The van der Waals surface area contributed by atoms with Crippen molar-refractivity contribution in [2.45, 2.75) is 26.2 Å². The highest BCUT2D eigenvalue weighted by Gasteiger charge is 2.20. The molecule has 0 aliphatic carbocycles. The monoisotopic (exact) mass is 457 g/mol. The van der Waals surface area contributed by atoms with Crippen molar-refractivity contribution in [2.75, 3.05) is 32.1 Å². The van der Waals surface area contributed by atoms with Crippen LogP contribution in [0.3, 0.4) is 0 Å². The number of aryl methyl sites for hydroxylation is 1. The zero-order chi connectivity index (χ0) is 19.4. The molecule has 28 heavy (non-hydrogen) atoms. The third-order valence-corrected chi connectivity index (χ3v) is 6.60. The molecule has 0 N–H and O–H groups in total. The fourth-order valence-corrected chi connectivity index (χ4v) is 5.01. The molecule has 0 fully saturated rings. The van der Waals surface area contributed by atoms with Crippen LogP contribution in [0.2, 0.25) is 4.34 Å². The van der Waals surface area contributed by atoms with Gasteiger partial charge in [0.15, 0.2) is 5.13 Å². The fourth-order valence-electron chi connectivity index (χ4n) is 2.86. The number of anilines is 1. The number of amides is 1. The summed E-state index contributed by atoms with van der Waals surface area (Å²) in [7, 11) is 4.09. The maximum absolute atomic E-state index is 13.0. The molecule has 0 bridgehead atoms. The second kappa shape index (κ2) is 10.6. The topological polar surface area (TPSA) is 36.4 Å². The van der Waals surface area contributed by atoms with Gasteiger partial charge in [0.25, 0.3) is 0 Å². The number of carbonyl (C=O) groups is 1. The Morgan fingerprint density at radius 3 is 2.57 bits per heavy atom. The molecule has 0 atom stereocenters. The molecule has 3 rings (SSSR count). The first-order valence-corrected chi connectivity index (χ1v) is 11.1. The second-order valence-corrected chi connectivity index (χ2v) is 9.55. The van der Waals surface area contributed by atoms with Gasteiger partial charge in [-0.1, -0.05) is 35.9 Å². The Morgan fingerprint density at radius 1 is 1.14 bits per heavy atom. The van der Waals surface area contributed by atoms with Crippen molar-refractivity contribution in [2.24, 2.45) is 0 Å². The minimum Gasteiger partial charge on any atom is -0.309 e. The van der Waals surface area contributed by atoms with Crippen LogP contribution < -0.4 is 4.90 Å². The lowest BCUT2D eigenvalue weighted by Gasteiger charge is -2.20. The SMILES string of the molecule is CCc1ccc2nc(N(CCCN(C)C)C(=O)Cc3ccc(Cl)s3)sc2c1.Cl. The first-order valence-electron chi connectivity index (χ1n) is 9.05. The normalized spacial score (nSPS) is 11.0. The van der Waals surface area contributed by atoms with E-state index in [0.29, 0.717) is 17.3 Å². The van der Waals surface area contributed by atoms with Gasteiger partial charge in [0.05, 0.1) is 21.0 Å². The molecule has 1 aromatic carbocycles. The van der Waals surface area contributed by atoms with Crippen LogP contribution in [-0.4, -0.2) is 43.0 Å². The van der Waals surface area contributed by atoms with Gasteiger partial charge in [-0.05, 0) is 63.3 Å². The number of halogens is 2. The number of benzene rings is 1. The summed E-state index contributed by atoms with van der Waals surface area (Å²) in [5.41, 5.74) is 2.24. The average molecular weight is 458 g/mol. The van der Waals surface area contributed by atoms with Crippen molar-refractivity contribution >= 4 is 67.9 Å². The van der Waals surface area contributed by atoms with Crippen LogP contribution in [0.1, 0.15) is 23.8 Å². The minimum atomic E-state index is 0. The zero-order valence-electron chi connectivity index (χ0n) is 16.3. The van der Waals surface area contributed by atoms with Crippen LogP contribution in [-0.2, 0) is 17.6 Å². The lowest BCUT2D eigenvalue weighted by atomic mass is 10.2. The molecule has 0 aliphatic rings. The smallest absolute Gasteiger partial charge is 0.234 e. The Bertz CT molecular complexity index is 923. The van der Waals surface area contributed by atoms with Crippen LogP contribution in [0.4, 0.5) is 5.13 Å². The van der Waals surface area contributed by atoms with Gasteiger partial charge in [0, 0.05) is 11.4 Å². The molecule has 152 valence electrons. The summed E-state index contributed by atoms with van der Waals surface area (Å²) in [5, 5.41) is 0.782. The standard InChI is InChI=1S/C20H24ClN3OS2.ClH/c1-4-14-6-8-16-17(12-14)27-20(22-16)24(11-5-10-23(2)3)19(25)13-15-7-9-18(21)26-15;/h6-9,12H,4-5,10-11,13H2,1-3H3;1H. The molecule has 2 aromatic heterocycles. The van der Waals surface area contributed by atoms with E-state index in [1.165, 1.54) is 16.9 Å². The Kier molecular flexibility index (Phi) is 8.71. The van der Waals surface area contributed by atoms with Crippen molar-refractivity contribution in [1.82, 2.24) is 9.88 Å². The molecule has 3 aromatic rings. The number of fused-ring (bicyclic) bond motifs is 1. The van der Waals surface area contributed by atoms with Gasteiger partial charge in [-0.25, -0.2) is 4.98 Å². The van der Waals surface area contributed by atoms with Gasteiger partial charge >= 0.3 is 0 Å². The van der Waals surface area contributed by atoms with Crippen molar-refractivity contribution in [3.63, 3.8) is 0 Å². The molecule has 0 saturated heterocycles. The zero-order valence-corrected chi connectivity index (χ0v) is 19.5. The van der Waals surface area contributed by atoms with Crippen LogP contribution >= 0.6 is 46.7 Å². The maximum Gasteiger partial charge on any atom is 0.234 e. The van der Waals surface area contributed by atoms with Gasteiger partial charge in [0.1, 0.15) is 0 Å². The molecular formula is C20H25Cl2N3OS2. The predicted molar refractivity (Wildman–Crippen MR) is 125 cm³/mol. The van der Waals surface area contributed by atoms with Crippen LogP contribution in [0.5, 0.6) is 0 Å². The third-order valence-electron chi connectivity index (χ3n) is 4.32. The van der Waals surface area contributed by atoms with Crippen molar-refractivity contribution in [3.8, 4) is 0 Å². The van der Waals surface area contributed by atoms with Crippen LogP contribution in [0, 0.1) is 0 Å². The van der Waals surface area contributed by atoms with Gasteiger partial charge in [0.2, 0.25) is 5.91 Å². The van der Waals surface area contributed by atoms with Crippen LogP contribution in [0.25, 0.3) is 10.2 Å². The number of aromatic nitrogens is 1. The van der Waals surface area contributed by atoms with Gasteiger partial charge in [-0.3, -0.25) is 9.69 Å². The summed E-state index contributed by atoms with van der Waals surface area (Å²) in [6.45, 7) is 3.74. The van der Waals surface area contributed by atoms with E-state index in [4.69, 9.17) is 16.6 Å². The summed E-state index contributed by atoms with van der Waals surface area (Å²) < 4.78 is 1.85. The number of nitrogens with zero attached hydrogens (tertiary/aromatic N) is 3. The molecule has 0 saturated carbocycles. The number of hydrogen-bond acceptors (Lipinski definition) is 5. The molecule has 0 radical (unpaired) electrons. The number of hydrogen-bond donors (Lipinski definition) is 0. The summed E-state index contributed by atoms with van der Waals surface area (Å²) in [6.07, 6.45) is 2.25. The highest BCUT2D eigenvalue weighted by molar-refractivity contribution is 7.22. The molecule has 0 unspecified atom stereocenters. The summed E-state index contributed by atoms with van der Waals surface area (Å²) in [4.78, 5) is 22.7. The van der Waals surface area contributed by atoms with E-state index in [0.717, 1.165) is 39.6 Å². The lowest BCUT2D eigenvalue weighted by Crippen LogP contribution is -2.34. The Labute approximate surface area is 185 Å². The Morgan fingerprint density at radius 2 is 1.93 bits per heavy atom. The van der Waals surface area contributed by atoms with E-state index in [2.05, 4.69) is 30.0 Å². The van der Waals surface area contributed by atoms with Crippen molar-refractivity contribution in [3.05, 3.63) is 45.1 Å². The Balaban J connectivity index is 0.00000280. The average Bonchev–Trinajstić information content (AvgIpc) is 3.23. The molecular weight excluding hydrogens is 433 g/mol. The quantitative estimate of drug-likeness (QED) is 0.446. The molecule has 2 heterocycles. The van der Waals surface area contributed by atoms with E-state index in [9.17, 15) is 4.79 Å². The highest BCUT2D eigenvalue weighted by Crippen LogP contribution is 2.31. The largest absolute Gasteiger partial charge is 0.309 e. The number of carbonyl (C=O) groups excluding carboxylic acids is 1. The maximum atomic E-state index is 13.0. The minimum absolute atomic E-state index is 0. The molecule has 4 nitrogen and oxygen atoms in total. The summed E-state index contributed by atoms with van der Waals surface area (Å²) in [6, 6.07) is 10.1. The lowest BCUT2D eigenvalue weighted by molar-refractivity contribution is -0.118. The number of thiazole rings is 1.